The number of methoxy groups -OCH3 is 3. The first-order chi connectivity index (χ1) is 18.7. The number of hydrazone groups is 1. The van der Waals surface area contributed by atoms with E-state index < -0.39 is 23.9 Å². The molecule has 12 nitrogen and oxygen atoms in total. The Balaban J connectivity index is 1.71. The lowest BCUT2D eigenvalue weighted by atomic mass is 9.95. The molecule has 208 valence electrons. The van der Waals surface area contributed by atoms with Gasteiger partial charge in [-0.1, -0.05) is 6.07 Å². The molecule has 13 heteroatoms. The van der Waals surface area contributed by atoms with Gasteiger partial charge >= 0.3 is 12.0 Å². The molecule has 0 bridgehead atoms. The zero-order valence-electron chi connectivity index (χ0n) is 22.0. The maximum absolute atomic E-state index is 12.6. The van der Waals surface area contributed by atoms with E-state index >= 15 is 0 Å². The zero-order valence-corrected chi connectivity index (χ0v) is 24.2. The highest BCUT2D eigenvalue weighted by Gasteiger charge is 2.32. The van der Waals surface area contributed by atoms with Gasteiger partial charge in [-0.2, -0.15) is 5.10 Å². The maximum Gasteiger partial charge on any atom is 0.338 e. The van der Waals surface area contributed by atoms with Crippen LogP contribution in [0.5, 0.6) is 23.0 Å². The van der Waals surface area contributed by atoms with Crippen LogP contribution < -0.4 is 35.0 Å². The second-order valence-electron chi connectivity index (χ2n) is 8.01. The van der Waals surface area contributed by atoms with Gasteiger partial charge in [0, 0.05) is 14.8 Å². The van der Waals surface area contributed by atoms with E-state index in [-0.39, 0.29) is 24.5 Å². The van der Waals surface area contributed by atoms with Crippen molar-refractivity contribution in [2.75, 3.05) is 34.5 Å². The lowest BCUT2D eigenvalue weighted by Crippen LogP contribution is -2.45. The van der Waals surface area contributed by atoms with Crippen molar-refractivity contribution >= 4 is 46.7 Å². The molecule has 0 aliphatic carbocycles. The van der Waals surface area contributed by atoms with E-state index in [1.807, 2.05) is 12.1 Å². The summed E-state index contributed by atoms with van der Waals surface area (Å²) in [5.41, 5.74) is 4.25. The quantitative estimate of drug-likeness (QED) is 0.145. The third kappa shape index (κ3) is 7.31. The fourth-order valence-corrected chi connectivity index (χ4v) is 4.43. The highest BCUT2D eigenvalue weighted by molar-refractivity contribution is 14.1. The lowest BCUT2D eigenvalue weighted by Gasteiger charge is -2.28. The number of allylic oxidation sites excluding steroid dienone is 1. The summed E-state index contributed by atoms with van der Waals surface area (Å²) in [5.74, 6) is 0.544. The molecule has 1 heterocycles. The molecule has 3 amide bonds. The number of urea groups is 1. The number of benzene rings is 2. The molecular weight excluding hydrogens is 623 g/mol. The second-order valence-corrected chi connectivity index (χ2v) is 9.26. The smallest absolute Gasteiger partial charge is 0.338 e. The van der Waals surface area contributed by atoms with Gasteiger partial charge in [0.2, 0.25) is 0 Å². The van der Waals surface area contributed by atoms with E-state index in [1.54, 1.807) is 32.0 Å². The molecule has 1 atom stereocenters. The number of carbonyl (C=O) groups is 3. The van der Waals surface area contributed by atoms with Crippen LogP contribution in [0.25, 0.3) is 0 Å². The molecular formula is C26H29IN4O8. The van der Waals surface area contributed by atoms with E-state index in [0.717, 1.165) is 3.57 Å². The van der Waals surface area contributed by atoms with E-state index in [2.05, 4.69) is 43.8 Å². The molecule has 2 aromatic rings. The number of hydrogen-bond donors (Lipinski definition) is 3. The van der Waals surface area contributed by atoms with Gasteiger partial charge in [-0.3, -0.25) is 4.79 Å². The molecule has 0 spiro atoms. The van der Waals surface area contributed by atoms with E-state index in [0.29, 0.717) is 34.1 Å². The minimum Gasteiger partial charge on any atom is -0.493 e. The van der Waals surface area contributed by atoms with Crippen LogP contribution in [0, 0.1) is 3.57 Å². The molecule has 3 N–H and O–H groups in total. The fourth-order valence-electron chi connectivity index (χ4n) is 3.81. The third-order valence-electron chi connectivity index (χ3n) is 5.51. The Morgan fingerprint density at radius 1 is 1.08 bits per heavy atom. The normalized spacial score (nSPS) is 14.8. The highest BCUT2D eigenvalue weighted by atomic mass is 127. The molecule has 0 unspecified atom stereocenters. The number of ether oxygens (including phenoxy) is 5. The Morgan fingerprint density at radius 2 is 1.82 bits per heavy atom. The number of hydrogen-bond acceptors (Lipinski definition) is 9. The van der Waals surface area contributed by atoms with Crippen molar-refractivity contribution in [2.45, 2.75) is 19.9 Å². The van der Waals surface area contributed by atoms with Crippen LogP contribution in [0.3, 0.4) is 0 Å². The maximum atomic E-state index is 12.6. The topological polar surface area (TPSA) is 146 Å². The molecule has 0 fully saturated rings. The van der Waals surface area contributed by atoms with Gasteiger partial charge in [0.1, 0.15) is 0 Å². The highest BCUT2D eigenvalue weighted by Crippen LogP contribution is 2.35. The molecule has 1 aliphatic rings. The number of amides is 3. The van der Waals surface area contributed by atoms with Crippen LogP contribution in [0.2, 0.25) is 0 Å². The molecule has 39 heavy (non-hydrogen) atoms. The van der Waals surface area contributed by atoms with E-state index in [4.69, 9.17) is 23.7 Å². The first-order valence-corrected chi connectivity index (χ1v) is 12.8. The summed E-state index contributed by atoms with van der Waals surface area (Å²) in [5, 5.41) is 9.29. The van der Waals surface area contributed by atoms with Crippen LogP contribution in [0.1, 0.15) is 31.0 Å². The predicted molar refractivity (Wildman–Crippen MR) is 150 cm³/mol. The predicted octanol–water partition coefficient (Wildman–Crippen LogP) is 3.04. The van der Waals surface area contributed by atoms with Crippen molar-refractivity contribution < 1.29 is 38.1 Å². The van der Waals surface area contributed by atoms with Crippen molar-refractivity contribution in [1.29, 1.82) is 0 Å². The molecule has 1 aliphatic heterocycles. The monoisotopic (exact) mass is 652 g/mol. The Hall–Kier alpha value is -4.01. The summed E-state index contributed by atoms with van der Waals surface area (Å²) >= 11 is 2.14. The average Bonchev–Trinajstić information content (AvgIpc) is 2.91. The lowest BCUT2D eigenvalue weighted by molar-refractivity contribution is -0.139. The van der Waals surface area contributed by atoms with Crippen molar-refractivity contribution in [1.82, 2.24) is 16.1 Å². The van der Waals surface area contributed by atoms with Crippen LogP contribution in [-0.2, 0) is 14.3 Å². The second kappa shape index (κ2) is 13.7. The van der Waals surface area contributed by atoms with Gasteiger partial charge in [0.05, 0.1) is 45.8 Å². The van der Waals surface area contributed by atoms with E-state index in [1.165, 1.54) is 27.5 Å². The van der Waals surface area contributed by atoms with Crippen LogP contribution in [-0.4, -0.2) is 58.7 Å². The van der Waals surface area contributed by atoms with Crippen LogP contribution in [0.15, 0.2) is 46.7 Å². The number of nitrogens with zero attached hydrogens (tertiary/aromatic N) is 1. The summed E-state index contributed by atoms with van der Waals surface area (Å²) in [6.07, 6.45) is 1.45. The Morgan fingerprint density at radius 3 is 2.49 bits per heavy atom. The average molecular weight is 652 g/mol. The molecule has 0 aromatic heterocycles. The van der Waals surface area contributed by atoms with Gasteiger partial charge in [0.15, 0.2) is 29.6 Å². The number of esters is 1. The Bertz CT molecular complexity index is 1310. The van der Waals surface area contributed by atoms with Gasteiger partial charge in [-0.05, 0) is 66.3 Å². The van der Waals surface area contributed by atoms with Crippen molar-refractivity contribution in [2.24, 2.45) is 5.10 Å². The molecule has 0 saturated heterocycles. The van der Waals surface area contributed by atoms with Crippen molar-refractivity contribution in [3.8, 4) is 23.0 Å². The number of rotatable bonds is 11. The van der Waals surface area contributed by atoms with Gasteiger partial charge in [-0.15, -0.1) is 0 Å². The summed E-state index contributed by atoms with van der Waals surface area (Å²) < 4.78 is 27.8. The Kier molecular flexibility index (Phi) is 10.4. The van der Waals surface area contributed by atoms with Crippen molar-refractivity contribution in [3.05, 3.63) is 56.3 Å². The molecule has 2 aromatic carbocycles. The van der Waals surface area contributed by atoms with Crippen molar-refractivity contribution in [3.63, 3.8) is 0 Å². The molecule has 0 saturated carbocycles. The van der Waals surface area contributed by atoms with Gasteiger partial charge < -0.3 is 34.3 Å². The Labute approximate surface area is 239 Å². The summed E-state index contributed by atoms with van der Waals surface area (Å²) in [6.45, 7) is 3.16. The number of nitrogens with one attached hydrogen (secondary N) is 3. The summed E-state index contributed by atoms with van der Waals surface area (Å²) in [6, 6.07) is 7.28. The first kappa shape index (κ1) is 29.5. The molecule has 3 rings (SSSR count). The van der Waals surface area contributed by atoms with Gasteiger partial charge in [0.25, 0.3) is 5.91 Å². The van der Waals surface area contributed by atoms with Crippen LogP contribution in [0.4, 0.5) is 4.79 Å². The van der Waals surface area contributed by atoms with Gasteiger partial charge in [-0.25, -0.2) is 15.0 Å². The minimum atomic E-state index is -0.768. The van der Waals surface area contributed by atoms with E-state index in [9.17, 15) is 14.4 Å². The number of carbonyl (C=O) groups excluding carboxylic acids is 3. The number of halogens is 1. The summed E-state index contributed by atoms with van der Waals surface area (Å²) in [7, 11) is 4.49. The standard InChI is InChI=1S/C26H29IN4O8/c1-6-38-25(33)22-14(2)29-26(34)30-23(22)15-7-8-18(19(10-15)35-3)39-13-21(32)31-28-12-16-9-17(27)11-20(36-4)24(16)37-5/h7-12,23H,6,13H2,1-5H3,(H,31,32)(H2,29,30,34)/b28-12+/t23-/m0/s1. The molecule has 0 radical (unpaired) electrons. The summed E-state index contributed by atoms with van der Waals surface area (Å²) in [4.78, 5) is 37.0. The minimum absolute atomic E-state index is 0.185. The van der Waals surface area contributed by atoms with Crippen LogP contribution >= 0.6 is 22.6 Å². The largest absolute Gasteiger partial charge is 0.493 e. The fraction of sp³-hybridized carbons (Fsp3) is 0.308. The first-order valence-electron chi connectivity index (χ1n) is 11.7. The third-order valence-corrected chi connectivity index (χ3v) is 6.13. The SMILES string of the molecule is CCOC(=O)C1=C(C)NC(=O)N[C@H]1c1ccc(OCC(=O)N/N=C/c2cc(I)cc(OC)c2OC)c(OC)c1. The zero-order chi connectivity index (χ0) is 28.5.